The van der Waals surface area contributed by atoms with Crippen LogP contribution in [0.4, 0.5) is 0 Å². The molecular weight excluding hydrogens is 288 g/mol. The van der Waals surface area contributed by atoms with Gasteiger partial charge in [-0.15, -0.1) is 12.6 Å². The van der Waals surface area contributed by atoms with Crippen LogP contribution in [0.1, 0.15) is 123 Å². The summed E-state index contributed by atoms with van der Waals surface area (Å²) in [6, 6.07) is 0. The molecule has 0 aliphatic carbocycles. The van der Waals surface area contributed by atoms with Gasteiger partial charge in [0.2, 0.25) is 0 Å². The van der Waals surface area contributed by atoms with Crippen LogP contribution < -0.4 is 0 Å². The Bertz CT molecular complexity index is 210. The molecule has 0 aliphatic heterocycles. The van der Waals surface area contributed by atoms with Crippen molar-refractivity contribution in [1.82, 2.24) is 0 Å². The van der Waals surface area contributed by atoms with Gasteiger partial charge in [0.1, 0.15) is 4.93 Å². The minimum atomic E-state index is -0.768. The molecule has 0 radical (unpaired) electrons. The average Bonchev–Trinajstić information content (AvgIpc) is 2.45. The Labute approximate surface area is 146 Å². The van der Waals surface area contributed by atoms with Crippen LogP contribution in [-0.4, -0.2) is 10.0 Å². The third-order valence-corrected chi connectivity index (χ3v) is 4.73. The first-order chi connectivity index (χ1) is 10.6. The van der Waals surface area contributed by atoms with E-state index in [4.69, 9.17) is 0 Å². The van der Waals surface area contributed by atoms with Crippen molar-refractivity contribution in [2.75, 3.05) is 0 Å². The monoisotopic (exact) mass is 330 g/mol. The predicted molar refractivity (Wildman–Crippen MR) is 104 cm³/mol. The number of hydrogen-bond acceptors (Lipinski definition) is 2. The second kappa shape index (κ2) is 16.2. The minimum Gasteiger partial charge on any atom is -0.380 e. The normalized spacial score (nSPS) is 14.2. The van der Waals surface area contributed by atoms with Crippen LogP contribution in [-0.2, 0) is 0 Å². The highest BCUT2D eigenvalue weighted by atomic mass is 32.1. The van der Waals surface area contributed by atoms with Crippen molar-refractivity contribution in [2.45, 2.75) is 128 Å². The number of thiol groups is 1. The largest absolute Gasteiger partial charge is 0.380 e. The van der Waals surface area contributed by atoms with Crippen LogP contribution in [0.5, 0.6) is 0 Å². The lowest BCUT2D eigenvalue weighted by Gasteiger charge is -2.15. The SMILES string of the molecule is CCCCCCCCCCCCCCCCCCC(C)(O)S. The zero-order chi connectivity index (χ0) is 16.5. The van der Waals surface area contributed by atoms with Gasteiger partial charge >= 0.3 is 0 Å². The van der Waals surface area contributed by atoms with Crippen LogP contribution in [0.25, 0.3) is 0 Å². The quantitative estimate of drug-likeness (QED) is 0.163. The molecule has 1 atom stereocenters. The van der Waals surface area contributed by atoms with Gasteiger partial charge < -0.3 is 5.11 Å². The van der Waals surface area contributed by atoms with E-state index in [-0.39, 0.29) is 0 Å². The lowest BCUT2D eigenvalue weighted by molar-refractivity contribution is 0.146. The van der Waals surface area contributed by atoms with E-state index in [0.29, 0.717) is 0 Å². The fourth-order valence-corrected chi connectivity index (χ4v) is 3.17. The van der Waals surface area contributed by atoms with Gasteiger partial charge in [-0.2, -0.15) is 0 Å². The van der Waals surface area contributed by atoms with Gasteiger partial charge in [-0.3, -0.25) is 0 Å². The van der Waals surface area contributed by atoms with Crippen molar-refractivity contribution in [1.29, 1.82) is 0 Å². The van der Waals surface area contributed by atoms with Gasteiger partial charge in [0, 0.05) is 0 Å². The highest BCUT2D eigenvalue weighted by Gasteiger charge is 2.11. The first-order valence-corrected chi connectivity index (χ1v) is 10.5. The molecule has 1 nitrogen and oxygen atoms in total. The molecule has 0 heterocycles. The molecular formula is C20H42OS. The summed E-state index contributed by atoms with van der Waals surface area (Å²) in [7, 11) is 0. The average molecular weight is 331 g/mol. The Morgan fingerprint density at radius 2 is 0.864 bits per heavy atom. The van der Waals surface area contributed by atoms with Crippen molar-refractivity contribution < 1.29 is 5.11 Å². The fraction of sp³-hybridized carbons (Fsp3) is 1.00. The summed E-state index contributed by atoms with van der Waals surface area (Å²) < 4.78 is 0. The molecule has 0 aromatic rings. The van der Waals surface area contributed by atoms with Gasteiger partial charge in [0.15, 0.2) is 0 Å². The van der Waals surface area contributed by atoms with E-state index in [1.807, 2.05) is 0 Å². The second-order valence-electron chi connectivity index (χ2n) is 7.27. The number of rotatable bonds is 17. The Morgan fingerprint density at radius 1 is 0.591 bits per heavy atom. The Hall–Kier alpha value is 0.310. The van der Waals surface area contributed by atoms with E-state index in [0.717, 1.165) is 12.8 Å². The first kappa shape index (κ1) is 22.3. The number of hydrogen-bond donors (Lipinski definition) is 2. The zero-order valence-electron chi connectivity index (χ0n) is 15.4. The molecule has 1 N–H and O–H groups in total. The van der Waals surface area contributed by atoms with E-state index >= 15 is 0 Å². The molecule has 134 valence electrons. The summed E-state index contributed by atoms with van der Waals surface area (Å²) in [5.74, 6) is 0. The summed E-state index contributed by atoms with van der Waals surface area (Å²) in [4.78, 5) is -0.768. The first-order valence-electron chi connectivity index (χ1n) is 10.0. The topological polar surface area (TPSA) is 20.2 Å². The van der Waals surface area contributed by atoms with E-state index < -0.39 is 4.93 Å². The third kappa shape index (κ3) is 20.3. The van der Waals surface area contributed by atoms with E-state index in [9.17, 15) is 5.11 Å². The van der Waals surface area contributed by atoms with Crippen molar-refractivity contribution in [3.63, 3.8) is 0 Å². The molecule has 0 amide bonds. The maximum absolute atomic E-state index is 9.50. The second-order valence-corrected chi connectivity index (χ2v) is 8.23. The van der Waals surface area contributed by atoms with Gasteiger partial charge in [0.25, 0.3) is 0 Å². The van der Waals surface area contributed by atoms with E-state index in [1.165, 1.54) is 96.3 Å². The lowest BCUT2D eigenvalue weighted by Crippen LogP contribution is -2.14. The molecule has 22 heavy (non-hydrogen) atoms. The standard InChI is InChI=1S/C20H42OS/c1-3-4-5-6-7-8-9-10-11-12-13-14-15-16-17-18-19-20(2,21)22/h21-22H,3-19H2,1-2H3. The smallest absolute Gasteiger partial charge is 0.104 e. The van der Waals surface area contributed by atoms with Crippen molar-refractivity contribution >= 4 is 12.6 Å². The number of aliphatic hydroxyl groups is 1. The molecule has 2 heteroatoms. The summed E-state index contributed by atoms with van der Waals surface area (Å²) in [5, 5.41) is 9.50. The van der Waals surface area contributed by atoms with Crippen LogP contribution in [0.3, 0.4) is 0 Å². The Morgan fingerprint density at radius 3 is 1.14 bits per heavy atom. The summed E-state index contributed by atoms with van der Waals surface area (Å²) >= 11 is 4.14. The summed E-state index contributed by atoms with van der Waals surface area (Å²) in [6.07, 6.45) is 23.0. The molecule has 0 fully saturated rings. The predicted octanol–water partition coefficient (Wildman–Crippen LogP) is 7.28. The van der Waals surface area contributed by atoms with Gasteiger partial charge in [-0.1, -0.05) is 103 Å². The third-order valence-electron chi connectivity index (χ3n) is 4.50. The maximum Gasteiger partial charge on any atom is 0.104 e. The molecule has 0 spiro atoms. The molecule has 0 saturated heterocycles. The van der Waals surface area contributed by atoms with Crippen LogP contribution >= 0.6 is 12.6 Å². The molecule has 0 aromatic carbocycles. The number of unbranched alkanes of at least 4 members (excludes halogenated alkanes) is 15. The van der Waals surface area contributed by atoms with Crippen molar-refractivity contribution in [2.24, 2.45) is 0 Å². The van der Waals surface area contributed by atoms with Gasteiger partial charge in [-0.25, -0.2) is 0 Å². The maximum atomic E-state index is 9.50. The lowest BCUT2D eigenvalue weighted by atomic mass is 10.0. The Balaban J connectivity index is 3.00. The highest BCUT2D eigenvalue weighted by Crippen LogP contribution is 2.19. The van der Waals surface area contributed by atoms with Crippen molar-refractivity contribution in [3.05, 3.63) is 0 Å². The summed E-state index contributed by atoms with van der Waals surface area (Å²) in [6.45, 7) is 4.06. The molecule has 0 saturated carbocycles. The Kier molecular flexibility index (Phi) is 16.4. The van der Waals surface area contributed by atoms with Crippen LogP contribution in [0.15, 0.2) is 0 Å². The van der Waals surface area contributed by atoms with E-state index in [1.54, 1.807) is 6.92 Å². The molecule has 1 unspecified atom stereocenters. The fourth-order valence-electron chi connectivity index (χ4n) is 3.01. The minimum absolute atomic E-state index is 0.768. The molecule has 0 bridgehead atoms. The van der Waals surface area contributed by atoms with Crippen LogP contribution in [0.2, 0.25) is 0 Å². The highest BCUT2D eigenvalue weighted by molar-refractivity contribution is 7.81. The molecule has 0 rings (SSSR count). The van der Waals surface area contributed by atoms with E-state index in [2.05, 4.69) is 19.6 Å². The molecule has 0 aliphatic rings. The molecule has 0 aromatic heterocycles. The van der Waals surface area contributed by atoms with Crippen molar-refractivity contribution in [3.8, 4) is 0 Å². The van der Waals surface area contributed by atoms with Gasteiger partial charge in [-0.05, 0) is 19.8 Å². The zero-order valence-corrected chi connectivity index (χ0v) is 16.3. The van der Waals surface area contributed by atoms with Crippen LogP contribution in [0, 0.1) is 0 Å². The van der Waals surface area contributed by atoms with Gasteiger partial charge in [0.05, 0.1) is 0 Å². The summed E-state index contributed by atoms with van der Waals surface area (Å²) in [5.41, 5.74) is 0.